The number of ether oxygens (including phenoxy) is 4. The molecule has 3 heterocycles. The predicted molar refractivity (Wildman–Crippen MR) is 256 cm³/mol. The molecule has 0 radical (unpaired) electrons. The number of aromatic hydroxyl groups is 1. The fourth-order valence-electron chi connectivity index (χ4n) is 7.64. The smallest absolute Gasteiger partial charge is 0.314 e. The molecule has 5 N–H and O–H groups in total. The van der Waals surface area contributed by atoms with E-state index in [4.69, 9.17) is 41.3 Å². The fourth-order valence-corrected chi connectivity index (χ4v) is 8.74. The molecule has 0 atom stereocenters. The molecule has 354 valence electrons. The number of likely N-dealkylation sites (N-methyl/N-ethyl adjacent to an activating group) is 1. The number of fused-ring (bicyclic) bond motifs is 2. The van der Waals surface area contributed by atoms with Crippen LogP contribution < -0.4 is 26.0 Å². The molecule has 20 heteroatoms. The number of benzene rings is 4. The highest BCUT2D eigenvalue weighted by molar-refractivity contribution is 7.13. The van der Waals surface area contributed by atoms with Crippen molar-refractivity contribution in [1.82, 2.24) is 30.1 Å². The second kappa shape index (κ2) is 23.4. The summed E-state index contributed by atoms with van der Waals surface area (Å²) in [5.74, 6) is 0.294. The molecular weight excluding hydrogens is 905 g/mol. The van der Waals surface area contributed by atoms with Crippen LogP contribution in [0.4, 0.5) is 21.0 Å². The zero-order valence-electron chi connectivity index (χ0n) is 37.3. The Labute approximate surface area is 395 Å². The Kier molecular flexibility index (Phi) is 16.9. The number of nitrogens with two attached hydrogens (primary N) is 1. The van der Waals surface area contributed by atoms with Crippen molar-refractivity contribution in [2.75, 3.05) is 103 Å². The molecule has 67 heavy (non-hydrogen) atoms. The quantitative estimate of drug-likeness (QED) is 0.0417. The molecule has 0 saturated carbocycles. The summed E-state index contributed by atoms with van der Waals surface area (Å²) in [6.45, 7) is 6.67. The number of halogens is 2. The first-order valence-electron chi connectivity index (χ1n) is 21.8. The number of nitrogens with one attached hydrogen (secondary N) is 2. The maximum Gasteiger partial charge on any atom is 0.314 e. The van der Waals surface area contributed by atoms with Gasteiger partial charge in [-0.2, -0.15) is 4.98 Å². The molecule has 0 aliphatic carbocycles. The highest BCUT2D eigenvalue weighted by atomic mass is 35.5. The molecule has 17 nitrogen and oxygen atoms in total. The summed E-state index contributed by atoms with van der Waals surface area (Å²) in [5.41, 5.74) is 10.6. The highest BCUT2D eigenvalue weighted by Gasteiger charge is 2.26. The first-order valence-corrected chi connectivity index (χ1v) is 23.0. The Morgan fingerprint density at radius 2 is 1.69 bits per heavy atom. The largest absolute Gasteiger partial charge is 0.508 e. The number of aryl methyl sites for hydroxylation is 1. The zero-order chi connectivity index (χ0) is 47.3. The van der Waals surface area contributed by atoms with Gasteiger partial charge in [-0.25, -0.2) is 19.2 Å². The fraction of sp³-hybridized carbons (Fsp3) is 0.362. The van der Waals surface area contributed by atoms with Crippen LogP contribution in [0.25, 0.3) is 43.2 Å². The summed E-state index contributed by atoms with van der Waals surface area (Å²) in [7, 11) is 1.69. The molecule has 1 aliphatic heterocycles. The molecule has 0 spiro atoms. The number of nitrogens with zero attached hydrogens (tertiary/aromatic N) is 6. The van der Waals surface area contributed by atoms with Crippen LogP contribution >= 0.6 is 22.9 Å². The van der Waals surface area contributed by atoms with Crippen LogP contribution in [0.5, 0.6) is 11.5 Å². The topological polar surface area (TPSA) is 207 Å². The van der Waals surface area contributed by atoms with Crippen LogP contribution in [-0.2, 0) is 30.3 Å². The van der Waals surface area contributed by atoms with E-state index in [2.05, 4.69) is 20.6 Å². The number of carbonyl (C=O) groups is 3. The van der Waals surface area contributed by atoms with Gasteiger partial charge in [0.25, 0.3) is 0 Å². The van der Waals surface area contributed by atoms with Crippen molar-refractivity contribution in [3.8, 4) is 33.1 Å². The summed E-state index contributed by atoms with van der Waals surface area (Å²) < 4.78 is 39.9. The Bertz CT molecular complexity index is 2690. The number of amides is 4. The number of phenols is 1. The van der Waals surface area contributed by atoms with Crippen LogP contribution in [0.1, 0.15) is 17.7 Å². The molecule has 1 aliphatic rings. The number of aromatic nitrogens is 3. The second-order valence-corrected chi connectivity index (χ2v) is 16.9. The lowest BCUT2D eigenvalue weighted by molar-refractivity contribution is -0.130. The number of piperazine rings is 1. The van der Waals surface area contributed by atoms with Gasteiger partial charge in [0.1, 0.15) is 29.4 Å². The summed E-state index contributed by atoms with van der Waals surface area (Å²) in [4.78, 5) is 55.6. The normalized spacial score (nSPS) is 12.7. The van der Waals surface area contributed by atoms with Crippen molar-refractivity contribution in [1.29, 1.82) is 0 Å². The number of urea groups is 1. The van der Waals surface area contributed by atoms with E-state index in [0.717, 1.165) is 21.7 Å². The van der Waals surface area contributed by atoms with Crippen molar-refractivity contribution in [3.05, 3.63) is 88.3 Å². The monoisotopic (exact) mass is 957 g/mol. The van der Waals surface area contributed by atoms with Crippen molar-refractivity contribution < 1.29 is 42.8 Å². The number of thiazole rings is 1. The van der Waals surface area contributed by atoms with Gasteiger partial charge in [-0.1, -0.05) is 48.0 Å². The van der Waals surface area contributed by atoms with E-state index >= 15 is 4.39 Å². The minimum absolute atomic E-state index is 0.000174. The van der Waals surface area contributed by atoms with Crippen LogP contribution in [-0.4, -0.2) is 141 Å². The van der Waals surface area contributed by atoms with Gasteiger partial charge in [-0.05, 0) is 53.1 Å². The lowest BCUT2D eigenvalue weighted by atomic mass is 9.96. The van der Waals surface area contributed by atoms with Gasteiger partial charge in [-0.3, -0.25) is 9.59 Å². The minimum atomic E-state index is -0.696. The van der Waals surface area contributed by atoms with Crippen LogP contribution in [0, 0.1) is 12.7 Å². The summed E-state index contributed by atoms with van der Waals surface area (Å²) in [5, 5.41) is 18.2. The van der Waals surface area contributed by atoms with Gasteiger partial charge >= 0.3 is 6.03 Å². The number of primary amides is 1. The van der Waals surface area contributed by atoms with E-state index in [1.54, 1.807) is 40.9 Å². The lowest BCUT2D eigenvalue weighted by Crippen LogP contribution is -2.50. The molecule has 4 aromatic carbocycles. The summed E-state index contributed by atoms with van der Waals surface area (Å²) >= 11 is 8.40. The first kappa shape index (κ1) is 48.6. The first-order chi connectivity index (χ1) is 32.5. The molecule has 4 amide bonds. The number of rotatable bonds is 23. The Balaban J connectivity index is 0.856. The van der Waals surface area contributed by atoms with E-state index in [1.165, 1.54) is 11.0 Å². The number of carbonyl (C=O) groups excluding carboxylic acids is 3. The predicted octanol–water partition coefficient (Wildman–Crippen LogP) is 6.22. The van der Waals surface area contributed by atoms with E-state index < -0.39 is 11.8 Å². The highest BCUT2D eigenvalue weighted by Crippen LogP contribution is 2.42. The van der Waals surface area contributed by atoms with E-state index in [9.17, 15) is 19.5 Å². The molecule has 0 bridgehead atoms. The van der Waals surface area contributed by atoms with E-state index in [0.29, 0.717) is 125 Å². The SMILES string of the molecule is Cc1ncsc1-c1ccc(CNC=O)c(OCCOCCOCCOCCN(C)C(=O)CCNc2nc(N3CCN(C(N)=O)CC3)c3cc(Cl)c(-c4cc(O)cc5ccccc45)c(F)c3n2)c1. The average molecular weight is 959 g/mol. The van der Waals surface area contributed by atoms with Crippen LogP contribution in [0.2, 0.25) is 5.02 Å². The molecule has 0 unspecified atom stereocenters. The Morgan fingerprint density at radius 1 is 0.955 bits per heavy atom. The summed E-state index contributed by atoms with van der Waals surface area (Å²) in [6.07, 6.45) is 0.751. The van der Waals surface area contributed by atoms with Gasteiger partial charge in [-0.15, -0.1) is 11.3 Å². The van der Waals surface area contributed by atoms with E-state index in [-0.39, 0.29) is 46.7 Å². The molecular formula is C47H53ClFN9O8S. The van der Waals surface area contributed by atoms with Gasteiger partial charge < -0.3 is 55.1 Å². The van der Waals surface area contributed by atoms with Crippen LogP contribution in [0.15, 0.2) is 66.2 Å². The Hall–Kier alpha value is -6.38. The van der Waals surface area contributed by atoms with E-state index in [1.807, 2.05) is 54.3 Å². The van der Waals surface area contributed by atoms with Gasteiger partial charge in [0, 0.05) is 75.8 Å². The maximum absolute atomic E-state index is 16.9. The van der Waals surface area contributed by atoms with Crippen molar-refractivity contribution in [3.63, 3.8) is 0 Å². The number of phenolic OH excluding ortho intramolecular Hbond substituents is 1. The van der Waals surface area contributed by atoms with Crippen molar-refractivity contribution in [2.45, 2.75) is 19.9 Å². The Morgan fingerprint density at radius 3 is 2.40 bits per heavy atom. The minimum Gasteiger partial charge on any atom is -0.508 e. The van der Waals surface area contributed by atoms with Gasteiger partial charge in [0.05, 0.1) is 60.7 Å². The maximum atomic E-state index is 16.9. The average Bonchev–Trinajstić information content (AvgIpc) is 3.76. The third-order valence-corrected chi connectivity index (χ3v) is 12.4. The molecule has 1 saturated heterocycles. The summed E-state index contributed by atoms with van der Waals surface area (Å²) in [6, 6.07) is 17.3. The third-order valence-electron chi connectivity index (χ3n) is 11.2. The number of anilines is 2. The number of hydrogen-bond donors (Lipinski definition) is 4. The van der Waals surface area contributed by atoms with Crippen molar-refractivity contribution in [2.24, 2.45) is 5.73 Å². The molecule has 7 rings (SSSR count). The lowest BCUT2D eigenvalue weighted by Gasteiger charge is -2.35. The third kappa shape index (κ3) is 12.3. The van der Waals surface area contributed by atoms with Crippen molar-refractivity contribution >= 4 is 74.7 Å². The van der Waals surface area contributed by atoms with Gasteiger partial charge in [0.2, 0.25) is 18.3 Å². The molecule has 2 aromatic heterocycles. The van der Waals surface area contributed by atoms with Crippen LogP contribution in [0.3, 0.4) is 0 Å². The standard InChI is InChI=1S/C47H53ClFN9O8S/c1-30-44(67-29-53-30)32-7-8-33(27-51-28-59)39(24-32)66-22-21-65-20-19-64-18-17-63-16-15-56(2)40(61)9-10-52-47-54-43-37(45(55-47)57-11-13-58(14-12-57)46(50)62)26-38(48)41(42(43)49)36-25-34(60)23-31-5-3-4-6-35(31)36/h3-8,23-26,28-29,60H,9-22,27H2,1-2H3,(H2,50,62)(H,51,59)(H,52,54,55). The number of hydrogen-bond acceptors (Lipinski definition) is 14. The van der Waals surface area contributed by atoms with Gasteiger partial charge in [0.15, 0.2) is 5.82 Å². The zero-order valence-corrected chi connectivity index (χ0v) is 38.8. The second-order valence-electron chi connectivity index (χ2n) is 15.6. The molecule has 6 aromatic rings. The molecule has 1 fully saturated rings.